The highest BCUT2D eigenvalue weighted by molar-refractivity contribution is 5.67. The second kappa shape index (κ2) is 23.3. The summed E-state index contributed by atoms with van der Waals surface area (Å²) in [5.74, 6) is 0. The van der Waals surface area contributed by atoms with Gasteiger partial charge in [-0.05, 0) is 52.7 Å². The topological polar surface area (TPSA) is 53.0 Å². The molecule has 0 spiro atoms. The van der Waals surface area contributed by atoms with Gasteiger partial charge in [-0.25, -0.2) is 4.79 Å². The predicted octanol–water partition coefficient (Wildman–Crippen LogP) is 8.58. The third-order valence-corrected chi connectivity index (χ3v) is 7.50. The van der Waals surface area contributed by atoms with Gasteiger partial charge in [0.25, 0.3) is 0 Å². The predicted molar refractivity (Wildman–Crippen MR) is 156 cm³/mol. The number of aliphatic hydroxyl groups is 1. The summed E-state index contributed by atoms with van der Waals surface area (Å²) >= 11 is 0. The zero-order chi connectivity index (χ0) is 27.1. The first kappa shape index (κ1) is 35.2. The van der Waals surface area contributed by atoms with Gasteiger partial charge in [-0.2, -0.15) is 0 Å². The van der Waals surface area contributed by atoms with Crippen LogP contribution in [0.1, 0.15) is 149 Å². The lowest BCUT2D eigenvalue weighted by atomic mass is 9.82. The van der Waals surface area contributed by atoms with Gasteiger partial charge in [0.2, 0.25) is 0 Å². The molecule has 216 valence electrons. The molecule has 2 atom stereocenters. The Morgan fingerprint density at radius 2 is 1.11 bits per heavy atom. The van der Waals surface area contributed by atoms with E-state index in [1.807, 2.05) is 7.05 Å². The van der Waals surface area contributed by atoms with Gasteiger partial charge in [-0.3, -0.25) is 0 Å². The van der Waals surface area contributed by atoms with Crippen LogP contribution in [0.4, 0.5) is 4.79 Å². The normalized spacial score (nSPS) is 14.1. The van der Waals surface area contributed by atoms with Gasteiger partial charge in [0, 0.05) is 13.6 Å². The SMILES string of the molecule is CCCCCCCCC(O)(CCCCCCC)C(CCCCCCC)OC(=O)N(C)CCCN(C)C. The molecule has 0 fully saturated rings. The van der Waals surface area contributed by atoms with Crippen LogP contribution in [0.15, 0.2) is 0 Å². The van der Waals surface area contributed by atoms with E-state index in [2.05, 4.69) is 39.8 Å². The molecule has 1 amide bonds. The van der Waals surface area contributed by atoms with E-state index in [9.17, 15) is 9.90 Å². The van der Waals surface area contributed by atoms with Gasteiger partial charge in [0.1, 0.15) is 11.7 Å². The van der Waals surface area contributed by atoms with Gasteiger partial charge < -0.3 is 19.6 Å². The number of ether oxygens (including phenoxy) is 1. The van der Waals surface area contributed by atoms with Crippen molar-refractivity contribution in [3.63, 3.8) is 0 Å². The smallest absolute Gasteiger partial charge is 0.409 e. The van der Waals surface area contributed by atoms with Crippen molar-refractivity contribution >= 4 is 6.09 Å². The molecule has 0 radical (unpaired) electrons. The molecule has 0 bridgehead atoms. The minimum Gasteiger partial charge on any atom is -0.443 e. The maximum absolute atomic E-state index is 13.1. The molecule has 5 nitrogen and oxygen atoms in total. The Morgan fingerprint density at radius 3 is 1.58 bits per heavy atom. The van der Waals surface area contributed by atoms with Crippen molar-refractivity contribution < 1.29 is 14.6 Å². The molecule has 0 aliphatic rings. The maximum Gasteiger partial charge on any atom is 0.409 e. The monoisotopic (exact) mass is 512 g/mol. The third-order valence-electron chi connectivity index (χ3n) is 7.50. The molecule has 0 aromatic heterocycles. The fourth-order valence-electron chi connectivity index (χ4n) is 4.99. The molecular formula is C31H64N2O3. The van der Waals surface area contributed by atoms with E-state index in [-0.39, 0.29) is 6.09 Å². The van der Waals surface area contributed by atoms with Gasteiger partial charge in [0.05, 0.1) is 0 Å². The quantitative estimate of drug-likeness (QED) is 0.124. The van der Waals surface area contributed by atoms with Gasteiger partial charge in [-0.15, -0.1) is 0 Å². The molecule has 0 aromatic rings. The standard InChI is InChI=1S/C31H64N2O3/c1-7-10-13-16-19-22-26-31(35,25-21-18-15-12-9-3)29(24-20-17-14-11-8-2)36-30(34)33(6)28-23-27-32(4)5/h29,35H,7-28H2,1-6H3. The first-order valence-corrected chi connectivity index (χ1v) is 15.6. The van der Waals surface area contributed by atoms with Crippen LogP contribution < -0.4 is 0 Å². The van der Waals surface area contributed by atoms with E-state index in [1.54, 1.807) is 4.90 Å². The minimum atomic E-state index is -0.915. The fourth-order valence-corrected chi connectivity index (χ4v) is 4.99. The Labute approximate surface area is 225 Å². The summed E-state index contributed by atoms with van der Waals surface area (Å²) in [7, 11) is 5.93. The molecule has 5 heteroatoms. The Bertz CT molecular complexity index is 500. The highest BCUT2D eigenvalue weighted by Gasteiger charge is 2.38. The van der Waals surface area contributed by atoms with Crippen LogP contribution in [-0.2, 0) is 4.74 Å². The average Bonchev–Trinajstić information content (AvgIpc) is 2.84. The minimum absolute atomic E-state index is 0.278. The summed E-state index contributed by atoms with van der Waals surface area (Å²) in [6, 6.07) is 0. The van der Waals surface area contributed by atoms with E-state index in [0.717, 1.165) is 70.8 Å². The molecule has 0 aliphatic heterocycles. The summed E-state index contributed by atoms with van der Waals surface area (Å²) in [6.45, 7) is 8.33. The molecule has 0 rings (SSSR count). The first-order valence-electron chi connectivity index (χ1n) is 15.6. The summed E-state index contributed by atoms with van der Waals surface area (Å²) < 4.78 is 6.14. The molecule has 36 heavy (non-hydrogen) atoms. The Kier molecular flexibility index (Phi) is 22.8. The molecule has 1 N–H and O–H groups in total. The molecule has 0 heterocycles. The van der Waals surface area contributed by atoms with Gasteiger partial charge in [0.15, 0.2) is 0 Å². The van der Waals surface area contributed by atoms with E-state index >= 15 is 0 Å². The van der Waals surface area contributed by atoms with E-state index < -0.39 is 11.7 Å². The molecule has 0 saturated heterocycles. The lowest BCUT2D eigenvalue weighted by molar-refractivity contribution is -0.101. The lowest BCUT2D eigenvalue weighted by Crippen LogP contribution is -2.47. The van der Waals surface area contributed by atoms with E-state index in [0.29, 0.717) is 6.54 Å². The highest BCUT2D eigenvalue weighted by Crippen LogP contribution is 2.32. The van der Waals surface area contributed by atoms with Crippen LogP contribution in [0.3, 0.4) is 0 Å². The Balaban J connectivity index is 5.27. The molecular weight excluding hydrogens is 448 g/mol. The molecule has 2 unspecified atom stereocenters. The number of carbonyl (C=O) groups is 1. The first-order chi connectivity index (χ1) is 17.3. The number of hydrogen-bond acceptors (Lipinski definition) is 4. The summed E-state index contributed by atoms with van der Waals surface area (Å²) in [4.78, 5) is 16.9. The molecule has 0 saturated carbocycles. The Hall–Kier alpha value is -0.810. The van der Waals surface area contributed by atoms with E-state index in [4.69, 9.17) is 4.74 Å². The number of carbonyl (C=O) groups excluding carboxylic acids is 1. The zero-order valence-electron chi connectivity index (χ0n) is 25.3. The number of amides is 1. The maximum atomic E-state index is 13.1. The van der Waals surface area contributed by atoms with Crippen molar-refractivity contribution in [2.75, 3.05) is 34.2 Å². The van der Waals surface area contributed by atoms with Crippen molar-refractivity contribution in [3.8, 4) is 0 Å². The lowest BCUT2D eigenvalue weighted by Gasteiger charge is -2.37. The van der Waals surface area contributed by atoms with E-state index in [1.165, 1.54) is 64.2 Å². The second-order valence-electron chi connectivity index (χ2n) is 11.4. The number of unbranched alkanes of at least 4 members (excludes halogenated alkanes) is 13. The average molecular weight is 513 g/mol. The highest BCUT2D eigenvalue weighted by atomic mass is 16.6. The molecule has 0 aliphatic carbocycles. The van der Waals surface area contributed by atoms with Crippen molar-refractivity contribution in [1.82, 2.24) is 9.80 Å². The summed E-state index contributed by atoms with van der Waals surface area (Å²) in [5, 5.41) is 12.0. The van der Waals surface area contributed by atoms with Crippen LogP contribution in [0, 0.1) is 0 Å². The van der Waals surface area contributed by atoms with Crippen LogP contribution >= 0.6 is 0 Å². The van der Waals surface area contributed by atoms with Gasteiger partial charge in [-0.1, -0.05) is 117 Å². The summed E-state index contributed by atoms with van der Waals surface area (Å²) in [5.41, 5.74) is -0.915. The van der Waals surface area contributed by atoms with Crippen molar-refractivity contribution in [2.45, 2.75) is 161 Å². The van der Waals surface area contributed by atoms with Crippen LogP contribution in [-0.4, -0.2) is 66.9 Å². The number of rotatable bonds is 25. The molecule has 0 aromatic carbocycles. The number of hydrogen-bond donors (Lipinski definition) is 1. The second-order valence-corrected chi connectivity index (χ2v) is 11.4. The zero-order valence-corrected chi connectivity index (χ0v) is 25.3. The number of nitrogens with zero attached hydrogens (tertiary/aromatic N) is 2. The van der Waals surface area contributed by atoms with Crippen LogP contribution in [0.25, 0.3) is 0 Å². The largest absolute Gasteiger partial charge is 0.443 e. The third kappa shape index (κ3) is 18.4. The fraction of sp³-hybridized carbons (Fsp3) is 0.968. The van der Waals surface area contributed by atoms with Crippen LogP contribution in [0.5, 0.6) is 0 Å². The van der Waals surface area contributed by atoms with Crippen LogP contribution in [0.2, 0.25) is 0 Å². The van der Waals surface area contributed by atoms with Crippen molar-refractivity contribution in [1.29, 1.82) is 0 Å². The summed E-state index contributed by atoms with van der Waals surface area (Å²) in [6.07, 6.45) is 21.4. The van der Waals surface area contributed by atoms with Gasteiger partial charge >= 0.3 is 6.09 Å². The van der Waals surface area contributed by atoms with Crippen molar-refractivity contribution in [2.24, 2.45) is 0 Å². The van der Waals surface area contributed by atoms with Crippen molar-refractivity contribution in [3.05, 3.63) is 0 Å². The Morgan fingerprint density at radius 1 is 0.667 bits per heavy atom.